The van der Waals surface area contributed by atoms with Gasteiger partial charge in [-0.1, -0.05) is 18.6 Å². The average Bonchev–Trinajstić information content (AvgIpc) is 2.65. The van der Waals surface area contributed by atoms with Crippen LogP contribution in [0, 0.1) is 12.7 Å². The molecule has 1 N–H and O–H groups in total. The Hall–Kier alpha value is -1.91. The number of carbonyl (C=O) groups is 2. The highest BCUT2D eigenvalue weighted by Crippen LogP contribution is 2.11. The number of benzene rings is 1. The fraction of sp³-hybridized carbons (Fsp3) is 0.500. The van der Waals surface area contributed by atoms with Gasteiger partial charge in [0.25, 0.3) is 0 Å². The van der Waals surface area contributed by atoms with Crippen LogP contribution in [0.1, 0.15) is 36.8 Å². The molecule has 2 rings (SSSR count). The van der Waals surface area contributed by atoms with Gasteiger partial charge in [0.05, 0.1) is 6.54 Å². The van der Waals surface area contributed by atoms with E-state index in [-0.39, 0.29) is 30.7 Å². The molecule has 0 unspecified atom stereocenters. The highest BCUT2D eigenvalue weighted by molar-refractivity contribution is 5.84. The summed E-state index contributed by atoms with van der Waals surface area (Å²) in [6, 6.07) is 4.90. The van der Waals surface area contributed by atoms with Crippen LogP contribution in [0.25, 0.3) is 0 Å². The molecule has 1 heterocycles. The standard InChI is InChI=1S/C16H21FN2O2/c1-12-6-7-13(9-14(12)17)10-18-15(20)11-19-8-4-2-3-5-16(19)21/h6-7,9H,2-5,8,10-11H2,1H3,(H,18,20). The van der Waals surface area contributed by atoms with Gasteiger partial charge in [0, 0.05) is 19.5 Å². The molecule has 1 aromatic carbocycles. The van der Waals surface area contributed by atoms with Crippen LogP contribution in [-0.4, -0.2) is 29.8 Å². The van der Waals surface area contributed by atoms with Gasteiger partial charge in [-0.2, -0.15) is 0 Å². The number of amides is 2. The predicted molar refractivity (Wildman–Crippen MR) is 78.0 cm³/mol. The summed E-state index contributed by atoms with van der Waals surface area (Å²) in [5.74, 6) is -0.431. The number of hydrogen-bond donors (Lipinski definition) is 1. The van der Waals surface area contributed by atoms with Gasteiger partial charge >= 0.3 is 0 Å². The number of halogens is 1. The maximum atomic E-state index is 13.4. The Kier molecular flexibility index (Phi) is 5.31. The SMILES string of the molecule is Cc1ccc(CNC(=O)CN2CCCCCC2=O)cc1F. The molecule has 4 nitrogen and oxygen atoms in total. The molecular weight excluding hydrogens is 271 g/mol. The third-order valence-corrected chi connectivity index (χ3v) is 3.73. The third kappa shape index (κ3) is 4.55. The average molecular weight is 292 g/mol. The second-order valence-corrected chi connectivity index (χ2v) is 5.49. The van der Waals surface area contributed by atoms with Crippen molar-refractivity contribution >= 4 is 11.8 Å². The van der Waals surface area contributed by atoms with Crippen molar-refractivity contribution < 1.29 is 14.0 Å². The Bertz CT molecular complexity index is 531. The Morgan fingerprint density at radius 3 is 2.90 bits per heavy atom. The fourth-order valence-electron chi connectivity index (χ4n) is 2.38. The van der Waals surface area contributed by atoms with E-state index in [9.17, 15) is 14.0 Å². The van der Waals surface area contributed by atoms with Gasteiger partial charge in [-0.15, -0.1) is 0 Å². The minimum absolute atomic E-state index is 0.0454. The van der Waals surface area contributed by atoms with Crippen molar-refractivity contribution in [1.29, 1.82) is 0 Å². The van der Waals surface area contributed by atoms with Gasteiger partial charge in [-0.3, -0.25) is 9.59 Å². The van der Waals surface area contributed by atoms with Crippen LogP contribution in [0.5, 0.6) is 0 Å². The monoisotopic (exact) mass is 292 g/mol. The second-order valence-electron chi connectivity index (χ2n) is 5.49. The summed E-state index contributed by atoms with van der Waals surface area (Å²) in [4.78, 5) is 25.3. The van der Waals surface area contributed by atoms with E-state index in [1.54, 1.807) is 24.0 Å². The second kappa shape index (κ2) is 7.20. The zero-order chi connectivity index (χ0) is 15.2. The van der Waals surface area contributed by atoms with Crippen molar-refractivity contribution in [3.63, 3.8) is 0 Å². The molecule has 0 spiro atoms. The molecule has 1 fully saturated rings. The predicted octanol–water partition coefficient (Wildman–Crippen LogP) is 2.15. The fourth-order valence-corrected chi connectivity index (χ4v) is 2.38. The first kappa shape index (κ1) is 15.5. The highest BCUT2D eigenvalue weighted by atomic mass is 19.1. The number of hydrogen-bond acceptors (Lipinski definition) is 2. The maximum absolute atomic E-state index is 13.4. The lowest BCUT2D eigenvalue weighted by atomic mass is 10.1. The normalized spacial score (nSPS) is 15.7. The number of carbonyl (C=O) groups excluding carboxylic acids is 2. The minimum Gasteiger partial charge on any atom is -0.350 e. The lowest BCUT2D eigenvalue weighted by Crippen LogP contribution is -2.40. The number of nitrogens with zero attached hydrogens (tertiary/aromatic N) is 1. The molecule has 0 radical (unpaired) electrons. The smallest absolute Gasteiger partial charge is 0.239 e. The Morgan fingerprint density at radius 1 is 1.33 bits per heavy atom. The number of nitrogens with one attached hydrogen (secondary N) is 1. The van der Waals surface area contributed by atoms with Crippen molar-refractivity contribution in [3.8, 4) is 0 Å². The summed E-state index contributed by atoms with van der Waals surface area (Å²) in [5.41, 5.74) is 1.30. The summed E-state index contributed by atoms with van der Waals surface area (Å²) in [7, 11) is 0. The van der Waals surface area contributed by atoms with E-state index in [1.165, 1.54) is 6.07 Å². The van der Waals surface area contributed by atoms with Gasteiger partial charge in [-0.25, -0.2) is 4.39 Å². The summed E-state index contributed by atoms with van der Waals surface area (Å²) < 4.78 is 13.4. The molecule has 114 valence electrons. The zero-order valence-corrected chi connectivity index (χ0v) is 12.3. The summed E-state index contributed by atoms with van der Waals surface area (Å²) in [5, 5.41) is 2.73. The molecule has 0 bridgehead atoms. The van der Waals surface area contributed by atoms with E-state index in [2.05, 4.69) is 5.32 Å². The van der Waals surface area contributed by atoms with E-state index >= 15 is 0 Å². The van der Waals surface area contributed by atoms with E-state index in [4.69, 9.17) is 0 Å². The molecule has 1 saturated heterocycles. The number of likely N-dealkylation sites (tertiary alicyclic amines) is 1. The van der Waals surface area contributed by atoms with Crippen LogP contribution in [0.15, 0.2) is 18.2 Å². The van der Waals surface area contributed by atoms with Crippen LogP contribution in [0.4, 0.5) is 4.39 Å². The number of aryl methyl sites for hydroxylation is 1. The molecule has 0 aliphatic carbocycles. The topological polar surface area (TPSA) is 49.4 Å². The van der Waals surface area contributed by atoms with Crippen LogP contribution < -0.4 is 5.32 Å². The van der Waals surface area contributed by atoms with Crippen LogP contribution in [0.2, 0.25) is 0 Å². The first-order valence-corrected chi connectivity index (χ1v) is 7.36. The molecule has 1 aliphatic rings. The molecule has 1 aliphatic heterocycles. The lowest BCUT2D eigenvalue weighted by molar-refractivity contribution is -0.135. The van der Waals surface area contributed by atoms with Crippen molar-refractivity contribution in [2.45, 2.75) is 39.2 Å². The summed E-state index contributed by atoms with van der Waals surface area (Å²) in [6.45, 7) is 2.71. The molecule has 2 amide bonds. The van der Waals surface area contributed by atoms with E-state index in [1.807, 2.05) is 0 Å². The quantitative estimate of drug-likeness (QED) is 0.924. The van der Waals surface area contributed by atoms with Gasteiger partial charge in [0.2, 0.25) is 11.8 Å². The van der Waals surface area contributed by atoms with Crippen molar-refractivity contribution in [2.24, 2.45) is 0 Å². The molecular formula is C16H21FN2O2. The van der Waals surface area contributed by atoms with Crippen molar-refractivity contribution in [3.05, 3.63) is 35.1 Å². The first-order valence-electron chi connectivity index (χ1n) is 7.36. The van der Waals surface area contributed by atoms with Crippen molar-refractivity contribution in [2.75, 3.05) is 13.1 Å². The van der Waals surface area contributed by atoms with Gasteiger partial charge in [-0.05, 0) is 37.0 Å². The van der Waals surface area contributed by atoms with E-state index in [0.29, 0.717) is 24.1 Å². The molecule has 0 saturated carbocycles. The van der Waals surface area contributed by atoms with Gasteiger partial charge < -0.3 is 10.2 Å². The molecule has 21 heavy (non-hydrogen) atoms. The molecule has 0 atom stereocenters. The summed E-state index contributed by atoms with van der Waals surface area (Å²) in [6.07, 6.45) is 3.41. The van der Waals surface area contributed by atoms with Gasteiger partial charge in [0.1, 0.15) is 5.82 Å². The summed E-state index contributed by atoms with van der Waals surface area (Å²) >= 11 is 0. The Balaban J connectivity index is 1.83. The van der Waals surface area contributed by atoms with E-state index in [0.717, 1.165) is 19.3 Å². The van der Waals surface area contributed by atoms with Crippen molar-refractivity contribution in [1.82, 2.24) is 10.2 Å². The van der Waals surface area contributed by atoms with Crippen LogP contribution in [-0.2, 0) is 16.1 Å². The Labute approximate surface area is 124 Å². The largest absolute Gasteiger partial charge is 0.350 e. The zero-order valence-electron chi connectivity index (χ0n) is 12.3. The Morgan fingerprint density at radius 2 is 2.14 bits per heavy atom. The number of rotatable bonds is 4. The first-order chi connectivity index (χ1) is 10.1. The molecule has 1 aromatic rings. The van der Waals surface area contributed by atoms with Crippen LogP contribution in [0.3, 0.4) is 0 Å². The lowest BCUT2D eigenvalue weighted by Gasteiger charge is -2.19. The highest BCUT2D eigenvalue weighted by Gasteiger charge is 2.18. The van der Waals surface area contributed by atoms with Crippen LogP contribution >= 0.6 is 0 Å². The molecule has 5 heteroatoms. The maximum Gasteiger partial charge on any atom is 0.239 e. The third-order valence-electron chi connectivity index (χ3n) is 3.73. The van der Waals surface area contributed by atoms with Gasteiger partial charge in [0.15, 0.2) is 0 Å². The minimum atomic E-state index is -0.274. The van der Waals surface area contributed by atoms with E-state index < -0.39 is 0 Å². The molecule has 0 aromatic heterocycles.